The van der Waals surface area contributed by atoms with Crippen LogP contribution in [-0.4, -0.2) is 38.2 Å². The fourth-order valence-corrected chi connectivity index (χ4v) is 3.81. The van der Waals surface area contributed by atoms with Crippen molar-refractivity contribution in [1.29, 1.82) is 0 Å². The Kier molecular flexibility index (Phi) is 8.11. The van der Waals surface area contributed by atoms with Gasteiger partial charge in [0.15, 0.2) is 13.2 Å². The number of hydrogen-bond acceptors (Lipinski definition) is 5. The number of carbonyl (C=O) groups is 2. The monoisotopic (exact) mass is 494 g/mol. The van der Waals surface area contributed by atoms with E-state index in [1.165, 1.54) is 5.56 Å². The molecule has 35 heavy (non-hydrogen) atoms. The summed E-state index contributed by atoms with van der Waals surface area (Å²) < 4.78 is 16.8. The van der Waals surface area contributed by atoms with E-state index >= 15 is 0 Å². The first-order valence-corrected chi connectivity index (χ1v) is 11.8. The molecule has 1 N–H and O–H groups in total. The number of para-hydroxylation sites is 1. The summed E-state index contributed by atoms with van der Waals surface area (Å²) in [4.78, 5) is 26.6. The largest absolute Gasteiger partial charge is 0.494 e. The standard InChI is InChI=1S/C27H27ClN2O5/c1-19-8-11-21(12-9-19)33-15-5-4-14-30-23-16-20(10-13-25(23)35-18-27(30)32)29-26(31)17-34-24-7-3-2-6-22(24)28/h2-3,6-13,16H,4-5,14-15,17-18H2,1H3,(H,29,31). The van der Waals surface area contributed by atoms with Crippen LogP contribution in [0.2, 0.25) is 5.02 Å². The van der Waals surface area contributed by atoms with Crippen LogP contribution in [-0.2, 0) is 9.59 Å². The highest BCUT2D eigenvalue weighted by atomic mass is 35.5. The number of fused-ring (bicyclic) bond motifs is 1. The molecule has 0 aromatic heterocycles. The Balaban J connectivity index is 1.31. The molecule has 3 aromatic carbocycles. The van der Waals surface area contributed by atoms with Crippen LogP contribution in [0, 0.1) is 6.92 Å². The molecular weight excluding hydrogens is 468 g/mol. The zero-order valence-electron chi connectivity index (χ0n) is 19.5. The topological polar surface area (TPSA) is 77.1 Å². The quantitative estimate of drug-likeness (QED) is 0.389. The molecule has 0 radical (unpaired) electrons. The zero-order valence-corrected chi connectivity index (χ0v) is 20.2. The minimum atomic E-state index is -0.340. The van der Waals surface area contributed by atoms with Gasteiger partial charge in [0.1, 0.15) is 17.2 Å². The number of carbonyl (C=O) groups excluding carboxylic acids is 2. The second-order valence-electron chi connectivity index (χ2n) is 8.15. The van der Waals surface area contributed by atoms with Crippen molar-refractivity contribution in [3.8, 4) is 17.2 Å². The highest BCUT2D eigenvalue weighted by Crippen LogP contribution is 2.35. The second kappa shape index (κ2) is 11.6. The van der Waals surface area contributed by atoms with E-state index in [1.54, 1.807) is 47.4 Å². The molecule has 0 unspecified atom stereocenters. The van der Waals surface area contributed by atoms with Crippen molar-refractivity contribution in [1.82, 2.24) is 0 Å². The summed E-state index contributed by atoms with van der Waals surface area (Å²) in [5.41, 5.74) is 2.36. The summed E-state index contributed by atoms with van der Waals surface area (Å²) in [7, 11) is 0. The predicted octanol–water partition coefficient (Wildman–Crippen LogP) is 5.25. The first kappa shape index (κ1) is 24.4. The minimum absolute atomic E-state index is 0.00968. The van der Waals surface area contributed by atoms with Crippen molar-refractivity contribution in [2.24, 2.45) is 0 Å². The number of amides is 2. The number of nitrogens with zero attached hydrogens (tertiary/aromatic N) is 1. The lowest BCUT2D eigenvalue weighted by Gasteiger charge is -2.30. The molecule has 3 aromatic rings. The molecule has 4 rings (SSSR count). The maximum Gasteiger partial charge on any atom is 0.265 e. The fourth-order valence-electron chi connectivity index (χ4n) is 3.62. The number of halogens is 1. The lowest BCUT2D eigenvalue weighted by Crippen LogP contribution is -2.39. The third-order valence-corrected chi connectivity index (χ3v) is 5.76. The maximum atomic E-state index is 12.5. The van der Waals surface area contributed by atoms with E-state index in [4.69, 9.17) is 25.8 Å². The normalized spacial score (nSPS) is 12.5. The van der Waals surface area contributed by atoms with E-state index in [2.05, 4.69) is 5.32 Å². The number of unbranched alkanes of at least 4 members (excludes halogenated alkanes) is 1. The van der Waals surface area contributed by atoms with Crippen molar-refractivity contribution in [2.75, 3.05) is 36.6 Å². The van der Waals surface area contributed by atoms with Gasteiger partial charge in [-0.3, -0.25) is 9.59 Å². The van der Waals surface area contributed by atoms with E-state index in [0.29, 0.717) is 41.0 Å². The van der Waals surface area contributed by atoms with Gasteiger partial charge in [0, 0.05) is 12.2 Å². The highest BCUT2D eigenvalue weighted by Gasteiger charge is 2.25. The molecule has 0 atom stereocenters. The number of rotatable bonds is 10. The van der Waals surface area contributed by atoms with Gasteiger partial charge < -0.3 is 24.4 Å². The lowest BCUT2D eigenvalue weighted by molar-refractivity contribution is -0.121. The van der Waals surface area contributed by atoms with Gasteiger partial charge in [-0.1, -0.05) is 41.4 Å². The Morgan fingerprint density at radius 2 is 1.86 bits per heavy atom. The van der Waals surface area contributed by atoms with Gasteiger partial charge in [0.25, 0.3) is 11.8 Å². The molecule has 1 heterocycles. The molecule has 0 saturated heterocycles. The first-order chi connectivity index (χ1) is 17.0. The molecule has 7 nitrogen and oxygen atoms in total. The minimum Gasteiger partial charge on any atom is -0.494 e. The SMILES string of the molecule is Cc1ccc(OCCCCN2C(=O)COc3ccc(NC(=O)COc4ccccc4Cl)cc32)cc1. The summed E-state index contributed by atoms with van der Waals surface area (Å²) >= 11 is 6.06. The van der Waals surface area contributed by atoms with E-state index in [0.717, 1.165) is 18.6 Å². The van der Waals surface area contributed by atoms with E-state index < -0.39 is 0 Å². The van der Waals surface area contributed by atoms with E-state index in [1.807, 2.05) is 31.2 Å². The molecule has 0 spiro atoms. The van der Waals surface area contributed by atoms with Gasteiger partial charge in [-0.15, -0.1) is 0 Å². The van der Waals surface area contributed by atoms with Gasteiger partial charge in [0.05, 0.1) is 17.3 Å². The number of ether oxygens (including phenoxy) is 3. The Hall–Kier alpha value is -3.71. The zero-order chi connectivity index (χ0) is 24.6. The predicted molar refractivity (Wildman–Crippen MR) is 136 cm³/mol. The molecule has 0 saturated carbocycles. The summed E-state index contributed by atoms with van der Waals surface area (Å²) in [5, 5.41) is 3.23. The summed E-state index contributed by atoms with van der Waals surface area (Å²) in [6, 6.07) is 20.1. The second-order valence-corrected chi connectivity index (χ2v) is 8.56. The van der Waals surface area contributed by atoms with Gasteiger partial charge in [-0.05, 0) is 62.2 Å². The molecule has 182 valence electrons. The maximum absolute atomic E-state index is 12.5. The van der Waals surface area contributed by atoms with Gasteiger partial charge in [-0.2, -0.15) is 0 Å². The van der Waals surface area contributed by atoms with Crippen molar-refractivity contribution >= 4 is 34.8 Å². The molecule has 2 amide bonds. The van der Waals surface area contributed by atoms with Crippen molar-refractivity contribution in [3.63, 3.8) is 0 Å². The van der Waals surface area contributed by atoms with Crippen molar-refractivity contribution in [3.05, 3.63) is 77.3 Å². The van der Waals surface area contributed by atoms with Crippen molar-refractivity contribution < 1.29 is 23.8 Å². The van der Waals surface area contributed by atoms with Crippen LogP contribution in [0.1, 0.15) is 18.4 Å². The highest BCUT2D eigenvalue weighted by molar-refractivity contribution is 6.32. The molecule has 1 aliphatic heterocycles. The molecule has 0 aliphatic carbocycles. The Morgan fingerprint density at radius 3 is 2.66 bits per heavy atom. The van der Waals surface area contributed by atoms with Gasteiger partial charge >= 0.3 is 0 Å². The third kappa shape index (κ3) is 6.67. The summed E-state index contributed by atoms with van der Waals surface area (Å²) in [6.45, 7) is 2.92. The molecular formula is C27H27ClN2O5. The van der Waals surface area contributed by atoms with Crippen LogP contribution in [0.4, 0.5) is 11.4 Å². The molecule has 0 bridgehead atoms. The number of nitrogens with one attached hydrogen (secondary N) is 1. The molecule has 8 heteroatoms. The van der Waals surface area contributed by atoms with Gasteiger partial charge in [0.2, 0.25) is 0 Å². The number of aryl methyl sites for hydroxylation is 1. The number of benzene rings is 3. The average Bonchev–Trinajstić information content (AvgIpc) is 2.85. The molecule has 1 aliphatic rings. The fraction of sp³-hybridized carbons (Fsp3) is 0.259. The number of hydrogen-bond donors (Lipinski definition) is 1. The first-order valence-electron chi connectivity index (χ1n) is 11.4. The average molecular weight is 495 g/mol. The van der Waals surface area contributed by atoms with Crippen LogP contribution in [0.3, 0.4) is 0 Å². The van der Waals surface area contributed by atoms with Crippen molar-refractivity contribution in [2.45, 2.75) is 19.8 Å². The third-order valence-electron chi connectivity index (χ3n) is 5.45. The van der Waals surface area contributed by atoms with Crippen LogP contribution in [0.5, 0.6) is 17.2 Å². The summed E-state index contributed by atoms with van der Waals surface area (Å²) in [6.07, 6.45) is 1.56. The van der Waals surface area contributed by atoms with Gasteiger partial charge in [-0.25, -0.2) is 0 Å². The number of anilines is 2. The molecule has 0 fully saturated rings. The Labute approximate surface area is 209 Å². The lowest BCUT2D eigenvalue weighted by atomic mass is 10.2. The van der Waals surface area contributed by atoms with Crippen LogP contribution >= 0.6 is 11.6 Å². The van der Waals surface area contributed by atoms with Crippen LogP contribution in [0.15, 0.2) is 66.7 Å². The van der Waals surface area contributed by atoms with Crippen LogP contribution in [0.25, 0.3) is 0 Å². The van der Waals surface area contributed by atoms with Crippen LogP contribution < -0.4 is 24.4 Å². The Morgan fingerprint density at radius 1 is 1.06 bits per heavy atom. The van der Waals surface area contributed by atoms with E-state index in [9.17, 15) is 9.59 Å². The smallest absolute Gasteiger partial charge is 0.265 e. The summed E-state index contributed by atoms with van der Waals surface area (Å²) in [5.74, 6) is 1.41. The van der Waals surface area contributed by atoms with E-state index in [-0.39, 0.29) is 25.0 Å². The Bertz CT molecular complexity index is 1180.